The van der Waals surface area contributed by atoms with Crippen molar-refractivity contribution in [3.63, 3.8) is 0 Å². The van der Waals surface area contributed by atoms with Crippen LogP contribution < -0.4 is 5.32 Å². The van der Waals surface area contributed by atoms with Crippen molar-refractivity contribution < 1.29 is 0 Å². The van der Waals surface area contributed by atoms with Gasteiger partial charge in [0.15, 0.2) is 0 Å². The molecule has 1 aliphatic rings. The van der Waals surface area contributed by atoms with Crippen molar-refractivity contribution in [3.8, 4) is 6.07 Å². The van der Waals surface area contributed by atoms with E-state index in [1.807, 2.05) is 14.0 Å². The molecule has 0 spiro atoms. The van der Waals surface area contributed by atoms with Crippen LogP contribution >= 0.6 is 0 Å². The van der Waals surface area contributed by atoms with Crippen LogP contribution in [0.5, 0.6) is 0 Å². The zero-order valence-corrected chi connectivity index (χ0v) is 12.7. The summed E-state index contributed by atoms with van der Waals surface area (Å²) in [6.45, 7) is 6.60. The zero-order chi connectivity index (χ0) is 13.8. The molecule has 3 heteroatoms. The van der Waals surface area contributed by atoms with Crippen LogP contribution in [0.3, 0.4) is 0 Å². The summed E-state index contributed by atoms with van der Waals surface area (Å²) in [5.41, 5.74) is -0.411. The second-order valence-corrected chi connectivity index (χ2v) is 6.24. The maximum absolute atomic E-state index is 9.25. The second-order valence-electron chi connectivity index (χ2n) is 6.24. The van der Waals surface area contributed by atoms with E-state index in [1.54, 1.807) is 0 Å². The molecular formula is C15H29N3. The normalized spacial score (nSPS) is 29.6. The molecular weight excluding hydrogens is 222 g/mol. The third-order valence-corrected chi connectivity index (χ3v) is 4.79. The Morgan fingerprint density at radius 3 is 2.56 bits per heavy atom. The van der Waals surface area contributed by atoms with Gasteiger partial charge in [-0.25, -0.2) is 0 Å². The smallest absolute Gasteiger partial charge is 0.105 e. The van der Waals surface area contributed by atoms with Gasteiger partial charge in [-0.2, -0.15) is 5.26 Å². The summed E-state index contributed by atoms with van der Waals surface area (Å²) in [6.07, 6.45) is 6.27. The molecule has 1 saturated carbocycles. The molecule has 0 aliphatic heterocycles. The van der Waals surface area contributed by atoms with E-state index in [4.69, 9.17) is 0 Å². The van der Waals surface area contributed by atoms with Crippen LogP contribution in [0.25, 0.3) is 0 Å². The molecule has 4 unspecified atom stereocenters. The average Bonchev–Trinajstić information content (AvgIpc) is 2.38. The molecule has 1 fully saturated rings. The van der Waals surface area contributed by atoms with E-state index in [-0.39, 0.29) is 0 Å². The lowest BCUT2D eigenvalue weighted by molar-refractivity contribution is 0.0909. The molecule has 0 bridgehead atoms. The molecule has 0 heterocycles. The van der Waals surface area contributed by atoms with Crippen molar-refractivity contribution in [1.82, 2.24) is 10.2 Å². The lowest BCUT2D eigenvalue weighted by atomic mass is 9.83. The Balaban J connectivity index is 2.60. The number of hydrogen-bond acceptors (Lipinski definition) is 3. The van der Waals surface area contributed by atoms with Gasteiger partial charge in [0.2, 0.25) is 0 Å². The minimum Gasteiger partial charge on any atom is -0.303 e. The summed E-state index contributed by atoms with van der Waals surface area (Å²) < 4.78 is 0. The quantitative estimate of drug-likeness (QED) is 0.816. The van der Waals surface area contributed by atoms with Crippen molar-refractivity contribution in [2.24, 2.45) is 5.92 Å². The minimum absolute atomic E-state index is 0.411. The van der Waals surface area contributed by atoms with Crippen LogP contribution in [0.1, 0.15) is 52.9 Å². The van der Waals surface area contributed by atoms with Gasteiger partial charge in [0.25, 0.3) is 0 Å². The second kappa shape index (κ2) is 6.54. The highest BCUT2D eigenvalue weighted by Crippen LogP contribution is 2.29. The molecule has 1 aliphatic carbocycles. The molecule has 1 rings (SSSR count). The monoisotopic (exact) mass is 251 g/mol. The number of nitrogens with zero attached hydrogens (tertiary/aromatic N) is 2. The first kappa shape index (κ1) is 15.5. The summed E-state index contributed by atoms with van der Waals surface area (Å²) in [7, 11) is 4.10. The Labute approximate surface area is 113 Å². The maximum Gasteiger partial charge on any atom is 0.105 e. The zero-order valence-electron chi connectivity index (χ0n) is 12.7. The van der Waals surface area contributed by atoms with Crippen LogP contribution in [-0.4, -0.2) is 36.6 Å². The van der Waals surface area contributed by atoms with Gasteiger partial charge in [-0.1, -0.05) is 19.8 Å². The van der Waals surface area contributed by atoms with Gasteiger partial charge in [0.05, 0.1) is 6.07 Å². The molecule has 0 radical (unpaired) electrons. The summed E-state index contributed by atoms with van der Waals surface area (Å²) in [5, 5.41) is 12.4. The first-order valence-electron chi connectivity index (χ1n) is 7.25. The van der Waals surface area contributed by atoms with E-state index in [9.17, 15) is 5.26 Å². The van der Waals surface area contributed by atoms with Crippen LogP contribution in [0, 0.1) is 17.2 Å². The third kappa shape index (κ3) is 3.70. The largest absolute Gasteiger partial charge is 0.303 e. The Bertz CT molecular complexity index is 297. The number of nitrogens with one attached hydrogen (secondary N) is 1. The van der Waals surface area contributed by atoms with E-state index in [2.05, 4.69) is 37.2 Å². The van der Waals surface area contributed by atoms with Crippen molar-refractivity contribution in [2.75, 3.05) is 14.1 Å². The SMILES string of the molecule is CNC(C)(C#N)CC(C)N(C)C1CCCCC1C. The van der Waals surface area contributed by atoms with Gasteiger partial charge in [-0.15, -0.1) is 0 Å². The fourth-order valence-corrected chi connectivity index (χ4v) is 3.17. The molecule has 1 N–H and O–H groups in total. The molecule has 104 valence electrons. The number of rotatable bonds is 5. The highest BCUT2D eigenvalue weighted by Gasteiger charge is 2.31. The lowest BCUT2D eigenvalue weighted by Gasteiger charge is -2.41. The highest BCUT2D eigenvalue weighted by atomic mass is 15.2. The van der Waals surface area contributed by atoms with E-state index >= 15 is 0 Å². The minimum atomic E-state index is -0.411. The van der Waals surface area contributed by atoms with Crippen molar-refractivity contribution in [3.05, 3.63) is 0 Å². The van der Waals surface area contributed by atoms with Crippen LogP contribution in [0.4, 0.5) is 0 Å². The van der Waals surface area contributed by atoms with Gasteiger partial charge in [-0.3, -0.25) is 0 Å². The van der Waals surface area contributed by atoms with E-state index < -0.39 is 5.54 Å². The Kier molecular flexibility index (Phi) is 5.62. The third-order valence-electron chi connectivity index (χ3n) is 4.79. The van der Waals surface area contributed by atoms with Crippen LogP contribution in [0.2, 0.25) is 0 Å². The van der Waals surface area contributed by atoms with Gasteiger partial charge < -0.3 is 10.2 Å². The Hall–Kier alpha value is -0.590. The van der Waals surface area contributed by atoms with E-state index in [1.165, 1.54) is 25.7 Å². The summed E-state index contributed by atoms with van der Waals surface area (Å²) in [5.74, 6) is 0.786. The topological polar surface area (TPSA) is 39.1 Å². The van der Waals surface area contributed by atoms with Gasteiger partial charge >= 0.3 is 0 Å². The van der Waals surface area contributed by atoms with Crippen LogP contribution in [-0.2, 0) is 0 Å². The molecule has 0 aromatic carbocycles. The van der Waals surface area contributed by atoms with Gasteiger partial charge in [0.1, 0.15) is 5.54 Å². The fourth-order valence-electron chi connectivity index (χ4n) is 3.17. The first-order valence-corrected chi connectivity index (χ1v) is 7.25. The molecule has 0 aromatic heterocycles. The van der Waals surface area contributed by atoms with Crippen LogP contribution in [0.15, 0.2) is 0 Å². The Morgan fingerprint density at radius 1 is 1.44 bits per heavy atom. The predicted octanol–water partition coefficient (Wildman–Crippen LogP) is 2.78. The molecule has 3 nitrogen and oxygen atoms in total. The predicted molar refractivity (Wildman–Crippen MR) is 76.3 cm³/mol. The van der Waals surface area contributed by atoms with Crippen molar-refractivity contribution >= 4 is 0 Å². The van der Waals surface area contributed by atoms with Gasteiger partial charge in [0, 0.05) is 12.1 Å². The molecule has 0 amide bonds. The maximum atomic E-state index is 9.25. The fraction of sp³-hybridized carbons (Fsp3) is 0.933. The first-order chi connectivity index (χ1) is 8.43. The average molecular weight is 251 g/mol. The summed E-state index contributed by atoms with van der Waals surface area (Å²) in [4.78, 5) is 2.50. The van der Waals surface area contributed by atoms with Crippen molar-refractivity contribution in [2.45, 2.75) is 70.5 Å². The lowest BCUT2D eigenvalue weighted by Crippen LogP contribution is -2.49. The standard InChI is InChI=1S/C15H29N3/c1-12-8-6-7-9-14(12)18(5)13(2)10-15(3,11-16)17-4/h12-14,17H,6-10H2,1-5H3. The number of nitriles is 1. The van der Waals surface area contributed by atoms with E-state index in [0.29, 0.717) is 12.1 Å². The summed E-state index contributed by atoms with van der Waals surface area (Å²) in [6, 6.07) is 3.52. The van der Waals surface area contributed by atoms with Gasteiger partial charge in [-0.05, 0) is 53.1 Å². The molecule has 18 heavy (non-hydrogen) atoms. The molecule has 0 saturated heterocycles. The molecule has 4 atom stereocenters. The van der Waals surface area contributed by atoms with E-state index in [0.717, 1.165) is 12.3 Å². The molecule has 0 aromatic rings. The highest BCUT2D eigenvalue weighted by molar-refractivity contribution is 5.05. The Morgan fingerprint density at radius 2 is 2.06 bits per heavy atom. The van der Waals surface area contributed by atoms with Crippen molar-refractivity contribution in [1.29, 1.82) is 5.26 Å². The summed E-state index contributed by atoms with van der Waals surface area (Å²) >= 11 is 0. The number of hydrogen-bond donors (Lipinski definition) is 1.